The first kappa shape index (κ1) is 20.0. The largest absolute Gasteiger partial charge is 0.375 e. The van der Waals surface area contributed by atoms with Gasteiger partial charge in [0.05, 0.1) is 19.1 Å². The Balaban J connectivity index is 1.43. The predicted molar refractivity (Wildman–Crippen MR) is 105 cm³/mol. The summed E-state index contributed by atoms with van der Waals surface area (Å²) in [6, 6.07) is 13.2. The van der Waals surface area contributed by atoms with Crippen molar-refractivity contribution in [3.63, 3.8) is 0 Å². The summed E-state index contributed by atoms with van der Waals surface area (Å²) in [5, 5.41) is 4.61. The summed E-state index contributed by atoms with van der Waals surface area (Å²) >= 11 is 1.20. The van der Waals surface area contributed by atoms with Crippen LogP contribution in [0.4, 0.5) is 0 Å². The second kappa shape index (κ2) is 9.45. The van der Waals surface area contributed by atoms with Gasteiger partial charge >= 0.3 is 0 Å². The molecule has 2 aromatic rings. The van der Waals surface area contributed by atoms with Crippen molar-refractivity contribution >= 4 is 27.3 Å². The topological polar surface area (TPSA) is 75.7 Å². The van der Waals surface area contributed by atoms with Crippen molar-refractivity contribution in [2.45, 2.75) is 23.7 Å². The number of amides is 1. The minimum Gasteiger partial charge on any atom is -0.375 e. The van der Waals surface area contributed by atoms with E-state index >= 15 is 0 Å². The van der Waals surface area contributed by atoms with E-state index in [1.165, 1.54) is 15.6 Å². The molecule has 0 unspecified atom stereocenters. The maximum atomic E-state index is 12.6. The lowest BCUT2D eigenvalue weighted by Crippen LogP contribution is -2.45. The SMILES string of the molecule is O=C(NCCOCc1ccccc1)[C@H]1CCCN(S(=O)(=O)c2cccs2)C1. The third-order valence-electron chi connectivity index (χ3n) is 4.50. The number of nitrogens with zero attached hydrogens (tertiary/aromatic N) is 1. The predicted octanol–water partition coefficient (Wildman–Crippen LogP) is 2.48. The summed E-state index contributed by atoms with van der Waals surface area (Å²) < 4.78 is 32.6. The van der Waals surface area contributed by atoms with E-state index in [0.29, 0.717) is 43.4 Å². The van der Waals surface area contributed by atoms with Crippen molar-refractivity contribution in [3.8, 4) is 0 Å². The Hall–Kier alpha value is -1.74. The monoisotopic (exact) mass is 408 g/mol. The summed E-state index contributed by atoms with van der Waals surface area (Å²) in [6.45, 7) is 2.04. The first-order valence-electron chi connectivity index (χ1n) is 9.00. The van der Waals surface area contributed by atoms with Gasteiger partial charge in [0.15, 0.2) is 0 Å². The highest BCUT2D eigenvalue weighted by molar-refractivity contribution is 7.91. The zero-order chi connectivity index (χ0) is 19.1. The Kier molecular flexibility index (Phi) is 7.01. The van der Waals surface area contributed by atoms with Crippen LogP contribution in [-0.4, -0.2) is 44.9 Å². The van der Waals surface area contributed by atoms with Crippen LogP contribution in [-0.2, 0) is 26.2 Å². The highest BCUT2D eigenvalue weighted by Crippen LogP contribution is 2.26. The van der Waals surface area contributed by atoms with E-state index in [-0.39, 0.29) is 18.4 Å². The molecule has 0 bridgehead atoms. The Labute approximate surface area is 164 Å². The Bertz CT molecular complexity index is 823. The fourth-order valence-corrected chi connectivity index (χ4v) is 5.74. The molecule has 1 amide bonds. The number of ether oxygens (including phenoxy) is 1. The molecule has 1 aromatic carbocycles. The Morgan fingerprint density at radius 2 is 2.04 bits per heavy atom. The Morgan fingerprint density at radius 3 is 2.78 bits per heavy atom. The summed E-state index contributed by atoms with van der Waals surface area (Å²) in [6.07, 6.45) is 1.39. The molecule has 0 spiro atoms. The van der Waals surface area contributed by atoms with Gasteiger partial charge in [-0.3, -0.25) is 4.79 Å². The van der Waals surface area contributed by atoms with Crippen molar-refractivity contribution < 1.29 is 17.9 Å². The number of carbonyl (C=O) groups is 1. The quantitative estimate of drug-likeness (QED) is 0.681. The minimum atomic E-state index is -3.50. The van der Waals surface area contributed by atoms with E-state index in [4.69, 9.17) is 4.74 Å². The van der Waals surface area contributed by atoms with Gasteiger partial charge in [-0.05, 0) is 29.9 Å². The van der Waals surface area contributed by atoms with E-state index in [9.17, 15) is 13.2 Å². The number of hydrogen-bond acceptors (Lipinski definition) is 5. The summed E-state index contributed by atoms with van der Waals surface area (Å²) in [7, 11) is -3.50. The summed E-state index contributed by atoms with van der Waals surface area (Å²) in [4.78, 5) is 12.4. The van der Waals surface area contributed by atoms with Gasteiger partial charge in [-0.2, -0.15) is 4.31 Å². The van der Waals surface area contributed by atoms with Crippen molar-refractivity contribution in [2.24, 2.45) is 5.92 Å². The van der Waals surface area contributed by atoms with Crippen LogP contribution in [0.25, 0.3) is 0 Å². The van der Waals surface area contributed by atoms with E-state index < -0.39 is 10.0 Å². The lowest BCUT2D eigenvalue weighted by atomic mass is 9.99. The van der Waals surface area contributed by atoms with Gasteiger partial charge in [0.25, 0.3) is 10.0 Å². The third-order valence-corrected chi connectivity index (χ3v) is 7.74. The highest BCUT2D eigenvalue weighted by atomic mass is 32.2. The van der Waals surface area contributed by atoms with Crippen molar-refractivity contribution in [3.05, 3.63) is 53.4 Å². The van der Waals surface area contributed by atoms with Crippen molar-refractivity contribution in [1.82, 2.24) is 9.62 Å². The number of thiophene rings is 1. The first-order chi connectivity index (χ1) is 13.1. The molecule has 0 radical (unpaired) electrons. The lowest BCUT2D eigenvalue weighted by molar-refractivity contribution is -0.126. The zero-order valence-corrected chi connectivity index (χ0v) is 16.7. The molecule has 1 fully saturated rings. The average molecular weight is 409 g/mol. The molecule has 1 aliphatic heterocycles. The molecule has 1 aromatic heterocycles. The van der Waals surface area contributed by atoms with Crippen molar-refractivity contribution in [1.29, 1.82) is 0 Å². The highest BCUT2D eigenvalue weighted by Gasteiger charge is 2.33. The number of rotatable bonds is 8. The number of sulfonamides is 1. The Morgan fingerprint density at radius 1 is 1.22 bits per heavy atom. The molecule has 3 rings (SSSR count). The maximum Gasteiger partial charge on any atom is 0.252 e. The van der Waals surface area contributed by atoms with Gasteiger partial charge in [0.1, 0.15) is 4.21 Å². The molecule has 0 saturated carbocycles. The molecule has 1 saturated heterocycles. The average Bonchev–Trinajstić information content (AvgIpc) is 3.24. The van der Waals surface area contributed by atoms with Crippen LogP contribution in [0.2, 0.25) is 0 Å². The molecule has 8 heteroatoms. The molecule has 1 N–H and O–H groups in total. The fraction of sp³-hybridized carbons (Fsp3) is 0.421. The lowest BCUT2D eigenvalue weighted by Gasteiger charge is -2.30. The van der Waals surface area contributed by atoms with Crippen LogP contribution in [0.3, 0.4) is 0 Å². The zero-order valence-electron chi connectivity index (χ0n) is 15.0. The molecule has 1 atom stereocenters. The molecular weight excluding hydrogens is 384 g/mol. The van der Waals surface area contributed by atoms with Gasteiger partial charge in [-0.15, -0.1) is 11.3 Å². The molecule has 27 heavy (non-hydrogen) atoms. The van der Waals surface area contributed by atoms with E-state index in [0.717, 1.165) is 5.56 Å². The summed E-state index contributed by atoms with van der Waals surface area (Å²) in [5.74, 6) is -0.424. The van der Waals surface area contributed by atoms with E-state index in [1.54, 1.807) is 17.5 Å². The number of carbonyl (C=O) groups excluding carboxylic acids is 1. The van der Waals surface area contributed by atoms with Gasteiger partial charge in [0, 0.05) is 19.6 Å². The van der Waals surface area contributed by atoms with Crippen LogP contribution in [0.1, 0.15) is 18.4 Å². The third kappa shape index (κ3) is 5.38. The van der Waals surface area contributed by atoms with Crippen LogP contribution in [0.15, 0.2) is 52.1 Å². The van der Waals surface area contributed by atoms with E-state index in [2.05, 4.69) is 5.32 Å². The van der Waals surface area contributed by atoms with Crippen LogP contribution in [0.5, 0.6) is 0 Å². The molecule has 2 heterocycles. The second-order valence-corrected chi connectivity index (χ2v) is 9.58. The first-order valence-corrected chi connectivity index (χ1v) is 11.3. The number of nitrogens with one attached hydrogen (secondary N) is 1. The number of hydrogen-bond donors (Lipinski definition) is 1. The number of piperidine rings is 1. The van der Waals surface area contributed by atoms with Crippen LogP contribution in [0, 0.1) is 5.92 Å². The van der Waals surface area contributed by atoms with Gasteiger partial charge in [-0.1, -0.05) is 36.4 Å². The molecule has 6 nitrogen and oxygen atoms in total. The van der Waals surface area contributed by atoms with Crippen LogP contribution >= 0.6 is 11.3 Å². The molecule has 0 aliphatic carbocycles. The normalized spacial score (nSPS) is 18.3. The van der Waals surface area contributed by atoms with Crippen molar-refractivity contribution in [2.75, 3.05) is 26.2 Å². The van der Waals surface area contributed by atoms with Gasteiger partial charge < -0.3 is 10.1 Å². The van der Waals surface area contributed by atoms with Crippen LogP contribution < -0.4 is 5.32 Å². The van der Waals surface area contributed by atoms with Gasteiger partial charge in [0.2, 0.25) is 5.91 Å². The molecule has 146 valence electrons. The molecular formula is C19H24N2O4S2. The van der Waals surface area contributed by atoms with E-state index in [1.807, 2.05) is 30.3 Å². The van der Waals surface area contributed by atoms with Gasteiger partial charge in [-0.25, -0.2) is 8.42 Å². The minimum absolute atomic E-state index is 0.107. The summed E-state index contributed by atoms with van der Waals surface area (Å²) in [5.41, 5.74) is 1.09. The molecule has 1 aliphatic rings. The maximum absolute atomic E-state index is 12.6. The number of benzene rings is 1. The standard InChI is InChI=1S/C19H24N2O4S2/c22-19(20-10-12-25-15-16-6-2-1-3-7-16)17-8-4-11-21(14-17)27(23,24)18-9-5-13-26-18/h1-3,5-7,9,13,17H,4,8,10-12,14-15H2,(H,20,22)/t17-/m0/s1. The fourth-order valence-electron chi connectivity index (χ4n) is 3.07. The second-order valence-electron chi connectivity index (χ2n) is 6.46. The smallest absolute Gasteiger partial charge is 0.252 e.